The number of benzene rings is 2. The first-order valence-corrected chi connectivity index (χ1v) is 12.1. The lowest BCUT2D eigenvalue weighted by molar-refractivity contribution is -0.155. The molecule has 3 heterocycles. The zero-order chi connectivity index (χ0) is 26.3. The fourth-order valence-electron chi connectivity index (χ4n) is 5.56. The Hall–Kier alpha value is -3.47. The number of rotatable bonds is 4. The van der Waals surface area contributed by atoms with Gasteiger partial charge < -0.3 is 26.0 Å². The molecule has 2 aliphatic heterocycles. The van der Waals surface area contributed by atoms with Gasteiger partial charge in [0.15, 0.2) is 0 Å². The van der Waals surface area contributed by atoms with Crippen LogP contribution in [0.25, 0.3) is 11.1 Å². The summed E-state index contributed by atoms with van der Waals surface area (Å²) >= 11 is 0. The van der Waals surface area contributed by atoms with E-state index in [0.717, 1.165) is 18.2 Å². The van der Waals surface area contributed by atoms with Crippen LogP contribution in [0.4, 0.5) is 23.7 Å². The zero-order valence-corrected chi connectivity index (χ0v) is 20.3. The van der Waals surface area contributed by atoms with Crippen molar-refractivity contribution in [2.24, 2.45) is 17.6 Å². The monoisotopic (exact) mass is 511 g/mol. The molecule has 5 rings (SSSR count). The maximum Gasteiger partial charge on any atom is 0.321 e. The van der Waals surface area contributed by atoms with E-state index in [-0.39, 0.29) is 37.2 Å². The molecule has 2 aromatic carbocycles. The van der Waals surface area contributed by atoms with E-state index in [9.17, 15) is 23.1 Å². The summed E-state index contributed by atoms with van der Waals surface area (Å²) in [5.41, 5.74) is 6.44. The summed E-state index contributed by atoms with van der Waals surface area (Å²) in [5.74, 6) is -2.69. The van der Waals surface area contributed by atoms with Gasteiger partial charge >= 0.3 is 6.03 Å². The zero-order valence-electron chi connectivity index (χ0n) is 20.3. The van der Waals surface area contributed by atoms with Crippen LogP contribution in [0.2, 0.25) is 0 Å². The third kappa shape index (κ3) is 4.79. The summed E-state index contributed by atoms with van der Waals surface area (Å²) in [6, 6.07) is 10.6. The average molecular weight is 512 g/mol. The molecule has 194 valence electrons. The topological polar surface area (TPSA) is 94.7 Å². The van der Waals surface area contributed by atoms with Crippen LogP contribution in [0.5, 0.6) is 0 Å². The number of hydrogen-bond acceptors (Lipinski definition) is 5. The Morgan fingerprint density at radius 2 is 1.73 bits per heavy atom. The number of amides is 2. The van der Waals surface area contributed by atoms with Gasteiger partial charge in [0.05, 0.1) is 5.69 Å². The smallest absolute Gasteiger partial charge is 0.321 e. The second-order valence-electron chi connectivity index (χ2n) is 9.88. The number of likely N-dealkylation sites (tertiary alicyclic amines) is 2. The van der Waals surface area contributed by atoms with Crippen LogP contribution in [-0.4, -0.2) is 59.1 Å². The van der Waals surface area contributed by atoms with Crippen LogP contribution in [0, 0.1) is 29.3 Å². The normalized spacial score (nSPS) is 23.7. The van der Waals surface area contributed by atoms with E-state index in [4.69, 9.17) is 5.73 Å². The van der Waals surface area contributed by atoms with Crippen LogP contribution in [-0.2, 0) is 12.1 Å². The molecule has 2 bridgehead atoms. The Morgan fingerprint density at radius 3 is 2.30 bits per heavy atom. The number of pyridine rings is 1. The van der Waals surface area contributed by atoms with Gasteiger partial charge in [-0.25, -0.2) is 18.0 Å². The van der Waals surface area contributed by atoms with Crippen molar-refractivity contribution in [3.63, 3.8) is 0 Å². The minimum Gasteiger partial charge on any atom is -0.383 e. The van der Waals surface area contributed by atoms with Gasteiger partial charge in [-0.05, 0) is 36.9 Å². The number of fused-ring (bicyclic) bond motifs is 2. The van der Waals surface area contributed by atoms with Crippen molar-refractivity contribution < 1.29 is 23.1 Å². The van der Waals surface area contributed by atoms with Gasteiger partial charge in [-0.15, -0.1) is 0 Å². The molecule has 0 aliphatic carbocycles. The molecule has 1 aromatic heterocycles. The van der Waals surface area contributed by atoms with Crippen molar-refractivity contribution >= 4 is 11.7 Å². The lowest BCUT2D eigenvalue weighted by Crippen LogP contribution is -2.66. The van der Waals surface area contributed by atoms with Crippen molar-refractivity contribution in [1.29, 1.82) is 0 Å². The number of aromatic nitrogens is 1. The van der Waals surface area contributed by atoms with E-state index in [1.54, 1.807) is 35.4 Å². The summed E-state index contributed by atoms with van der Waals surface area (Å²) in [4.78, 5) is 21.1. The second-order valence-corrected chi connectivity index (χ2v) is 9.88. The predicted octanol–water partition coefficient (Wildman–Crippen LogP) is 3.54. The summed E-state index contributed by atoms with van der Waals surface area (Å²) in [6.45, 7) is 1.72. The van der Waals surface area contributed by atoms with Gasteiger partial charge in [0, 0.05) is 73.6 Å². The molecule has 7 nitrogen and oxygen atoms in total. The number of nitrogens with two attached hydrogens (primary N) is 1. The minimum atomic E-state index is -1.30. The van der Waals surface area contributed by atoms with E-state index in [0.29, 0.717) is 35.5 Å². The van der Waals surface area contributed by atoms with Gasteiger partial charge in [0.1, 0.15) is 23.1 Å². The first-order chi connectivity index (χ1) is 17.7. The summed E-state index contributed by atoms with van der Waals surface area (Å²) in [5, 5.41) is 14.5. The quantitative estimate of drug-likeness (QED) is 0.498. The van der Waals surface area contributed by atoms with Crippen LogP contribution in [0.1, 0.15) is 11.3 Å². The number of nitrogens with zero attached hydrogens (tertiary/aromatic N) is 3. The molecule has 3 atom stereocenters. The fourth-order valence-corrected chi connectivity index (χ4v) is 5.56. The van der Waals surface area contributed by atoms with Crippen molar-refractivity contribution in [2.45, 2.75) is 12.1 Å². The molecule has 10 heteroatoms. The van der Waals surface area contributed by atoms with Crippen molar-refractivity contribution in [3.8, 4) is 11.1 Å². The number of carbonyl (C=O) groups excluding carboxylic acids is 1. The molecule has 4 N–H and O–H groups in total. The Morgan fingerprint density at radius 1 is 1.05 bits per heavy atom. The molecule has 0 unspecified atom stereocenters. The fraction of sp³-hybridized carbons (Fsp3) is 0.333. The summed E-state index contributed by atoms with van der Waals surface area (Å²) in [7, 11) is 1.95. The van der Waals surface area contributed by atoms with Crippen LogP contribution in [0.15, 0.2) is 54.7 Å². The van der Waals surface area contributed by atoms with Gasteiger partial charge in [-0.3, -0.25) is 4.98 Å². The van der Waals surface area contributed by atoms with Gasteiger partial charge in [0.25, 0.3) is 0 Å². The van der Waals surface area contributed by atoms with Gasteiger partial charge in [-0.2, -0.15) is 0 Å². The molecule has 2 saturated heterocycles. The summed E-state index contributed by atoms with van der Waals surface area (Å²) < 4.78 is 41.7. The molecule has 0 spiro atoms. The number of nitrogens with one attached hydrogen (secondary N) is 1. The van der Waals surface area contributed by atoms with E-state index in [2.05, 4.69) is 15.2 Å². The Bertz CT molecular complexity index is 1280. The van der Waals surface area contributed by atoms with Crippen molar-refractivity contribution in [1.82, 2.24) is 14.8 Å². The maximum atomic E-state index is 14.6. The van der Waals surface area contributed by atoms with Crippen molar-refractivity contribution in [3.05, 3.63) is 83.4 Å². The molecule has 3 aromatic rings. The number of halogens is 3. The highest BCUT2D eigenvalue weighted by molar-refractivity contribution is 5.89. The van der Waals surface area contributed by atoms with E-state index < -0.39 is 29.1 Å². The van der Waals surface area contributed by atoms with E-state index in [1.807, 2.05) is 7.05 Å². The molecular formula is C27H28F3N5O2. The van der Waals surface area contributed by atoms with Crippen LogP contribution < -0.4 is 11.1 Å². The Balaban J connectivity index is 1.37. The molecule has 2 amide bonds. The van der Waals surface area contributed by atoms with E-state index in [1.165, 1.54) is 6.07 Å². The average Bonchev–Trinajstić information content (AvgIpc) is 2.84. The predicted molar refractivity (Wildman–Crippen MR) is 133 cm³/mol. The van der Waals surface area contributed by atoms with Crippen molar-refractivity contribution in [2.75, 3.05) is 38.5 Å². The number of carbonyl (C=O) groups is 1. The Labute approximate surface area is 212 Å². The Kier molecular flexibility index (Phi) is 6.65. The molecule has 0 radical (unpaired) electrons. The largest absolute Gasteiger partial charge is 0.383 e. The third-order valence-electron chi connectivity index (χ3n) is 7.35. The number of anilines is 1. The number of urea groups is 1. The highest BCUT2D eigenvalue weighted by Gasteiger charge is 2.54. The molecular weight excluding hydrogens is 483 g/mol. The third-order valence-corrected chi connectivity index (χ3v) is 7.35. The number of piperidine rings is 2. The molecule has 2 fully saturated rings. The first kappa shape index (κ1) is 25.2. The molecule has 0 saturated carbocycles. The van der Waals surface area contributed by atoms with Crippen LogP contribution in [0.3, 0.4) is 0 Å². The molecule has 37 heavy (non-hydrogen) atoms. The highest BCUT2D eigenvalue weighted by atomic mass is 19.1. The standard InChI is InChI=1S/C27H28F3N5O2/c1-34-12-18-14-35(26(36)33-22-8-20(28)7-21(29)9-22)15-19(13-34)27(18,37)25-5-3-17(11-32-25)23-4-2-16(10-31)6-24(23)30/h2-9,11,18-19,37H,10,12-15,31H2,1H3,(H,33,36)/t18-,19+,27-. The highest BCUT2D eigenvalue weighted by Crippen LogP contribution is 2.44. The second kappa shape index (κ2) is 9.77. The lowest BCUT2D eigenvalue weighted by atomic mass is 9.68. The first-order valence-electron chi connectivity index (χ1n) is 12.1. The SMILES string of the molecule is CN1C[C@@H]2CN(C(=O)Nc3cc(F)cc(F)c3)C[C@H](C1)[C@@]2(O)c1ccc(-c2ccc(CN)cc2F)cn1. The van der Waals surface area contributed by atoms with Crippen LogP contribution >= 0.6 is 0 Å². The number of hydrogen-bond donors (Lipinski definition) is 3. The van der Waals surface area contributed by atoms with Gasteiger partial charge in [0.2, 0.25) is 0 Å². The maximum absolute atomic E-state index is 14.6. The van der Waals surface area contributed by atoms with E-state index >= 15 is 0 Å². The minimum absolute atomic E-state index is 0.0228. The lowest BCUT2D eigenvalue weighted by Gasteiger charge is -2.54. The van der Waals surface area contributed by atoms with Gasteiger partial charge in [-0.1, -0.05) is 18.2 Å². The molecule has 2 aliphatic rings. The number of aliphatic hydroxyl groups is 1. The summed E-state index contributed by atoms with van der Waals surface area (Å²) in [6.07, 6.45) is 1.55.